The maximum Gasteiger partial charge on any atom is 0.123 e. The smallest absolute Gasteiger partial charge is 0.123 e. The van der Waals surface area contributed by atoms with E-state index >= 15 is 0 Å². The molecular weight excluding hydrogens is 378 g/mol. The van der Waals surface area contributed by atoms with Gasteiger partial charge >= 0.3 is 0 Å². The van der Waals surface area contributed by atoms with Crippen molar-refractivity contribution < 1.29 is 9.13 Å². The number of hydrogen-bond acceptors (Lipinski definition) is 1. The molecule has 4 aromatic rings. The summed E-state index contributed by atoms with van der Waals surface area (Å²) >= 11 is 0. The van der Waals surface area contributed by atoms with Gasteiger partial charge in [0, 0.05) is 5.98 Å². The third-order valence-electron chi connectivity index (χ3n) is 4.89. The summed E-state index contributed by atoms with van der Waals surface area (Å²) in [6.45, 7) is -1.72. The lowest BCUT2D eigenvalue weighted by atomic mass is 10.2. The van der Waals surface area contributed by atoms with Gasteiger partial charge < -0.3 is 4.74 Å². The molecule has 0 atom stereocenters. The van der Waals surface area contributed by atoms with Crippen molar-refractivity contribution >= 4 is 28.8 Å². The predicted molar refractivity (Wildman–Crippen MR) is 122 cm³/mol. The molecule has 0 N–H and O–H groups in total. The quantitative estimate of drug-likeness (QED) is 0.410. The van der Waals surface area contributed by atoms with Gasteiger partial charge in [-0.2, -0.15) is 0 Å². The number of benzene rings is 4. The maximum atomic E-state index is 13.2. The number of hydrogen-bond donors (Lipinski definition) is 0. The van der Waals surface area contributed by atoms with E-state index in [0.717, 1.165) is 5.56 Å². The molecule has 0 saturated heterocycles. The van der Waals surface area contributed by atoms with Crippen LogP contribution in [0.15, 0.2) is 115 Å². The third-order valence-corrected chi connectivity index (χ3v) is 8.69. The lowest BCUT2D eigenvalue weighted by molar-refractivity contribution is 0.314. The lowest BCUT2D eigenvalue weighted by Crippen LogP contribution is -2.27. The highest BCUT2D eigenvalue weighted by Gasteiger charge is 2.25. The Hall–Kier alpha value is -2.93. The van der Waals surface area contributed by atoms with Gasteiger partial charge in [-0.3, -0.25) is 0 Å². The van der Waals surface area contributed by atoms with Gasteiger partial charge in [-0.15, -0.1) is 0 Å². The van der Waals surface area contributed by atoms with Gasteiger partial charge in [0.2, 0.25) is 0 Å². The van der Waals surface area contributed by atoms with E-state index in [1.807, 2.05) is 24.2 Å². The fourth-order valence-electron chi connectivity index (χ4n) is 3.45. The topological polar surface area (TPSA) is 9.23 Å². The normalized spacial score (nSPS) is 11.2. The maximum absolute atomic E-state index is 13.2. The fourth-order valence-corrected chi connectivity index (χ4v) is 6.93. The van der Waals surface area contributed by atoms with Gasteiger partial charge in [0.25, 0.3) is 0 Å². The molecule has 0 aromatic heterocycles. The van der Waals surface area contributed by atoms with Crippen molar-refractivity contribution in [1.29, 1.82) is 0 Å². The Morgan fingerprint density at radius 3 is 1.41 bits per heavy atom. The Kier molecular flexibility index (Phi) is 6.05. The largest absolute Gasteiger partial charge is 0.348 e. The molecule has 29 heavy (non-hydrogen) atoms. The number of rotatable bonds is 6. The van der Waals surface area contributed by atoms with Crippen LogP contribution in [0, 0.1) is 5.82 Å². The summed E-state index contributed by atoms with van der Waals surface area (Å²) in [6.07, 6.45) is 0. The SMILES string of the molecule is Fc1ccc(COC=P(c2ccccc2)(c2ccccc2)c2ccccc2)cc1. The Morgan fingerprint density at radius 1 is 0.586 bits per heavy atom. The molecule has 0 fully saturated rings. The Bertz CT molecular complexity index is 988. The minimum atomic E-state index is -2.12. The highest BCUT2D eigenvalue weighted by molar-refractivity contribution is 7.94. The zero-order chi connectivity index (χ0) is 19.9. The van der Waals surface area contributed by atoms with E-state index in [1.165, 1.54) is 28.0 Å². The van der Waals surface area contributed by atoms with Crippen molar-refractivity contribution in [3.05, 3.63) is 127 Å². The molecule has 0 aliphatic carbocycles. The van der Waals surface area contributed by atoms with Gasteiger partial charge in [-0.25, -0.2) is 4.39 Å². The van der Waals surface area contributed by atoms with Crippen LogP contribution >= 0.6 is 6.89 Å². The first kappa shape index (κ1) is 19.4. The summed E-state index contributed by atoms with van der Waals surface area (Å²) in [6, 6.07) is 38.0. The van der Waals surface area contributed by atoms with Crippen molar-refractivity contribution in [3.8, 4) is 0 Å². The van der Waals surface area contributed by atoms with Crippen LogP contribution in [-0.2, 0) is 11.3 Å². The van der Waals surface area contributed by atoms with Gasteiger partial charge in [0.05, 0.1) is 6.61 Å². The molecule has 0 heterocycles. The van der Waals surface area contributed by atoms with E-state index in [9.17, 15) is 4.39 Å². The zero-order valence-electron chi connectivity index (χ0n) is 16.0. The minimum absolute atomic E-state index is 0.238. The summed E-state index contributed by atoms with van der Waals surface area (Å²) in [5.41, 5.74) is 0.940. The number of ether oxygens (including phenoxy) is 1. The molecule has 4 aromatic carbocycles. The van der Waals surface area contributed by atoms with Crippen LogP contribution in [0.2, 0.25) is 0 Å². The van der Waals surface area contributed by atoms with Crippen molar-refractivity contribution in [1.82, 2.24) is 0 Å². The summed E-state index contributed by atoms with van der Waals surface area (Å²) < 4.78 is 19.4. The molecule has 0 bridgehead atoms. The average molecular weight is 400 g/mol. The molecule has 0 saturated carbocycles. The van der Waals surface area contributed by atoms with Gasteiger partial charge in [-0.1, -0.05) is 103 Å². The fraction of sp³-hybridized carbons (Fsp3) is 0.0385. The third kappa shape index (κ3) is 4.24. The van der Waals surface area contributed by atoms with E-state index in [1.54, 1.807) is 12.1 Å². The molecular formula is C26H22FOP. The monoisotopic (exact) mass is 400 g/mol. The molecule has 0 aliphatic rings. The van der Waals surface area contributed by atoms with Crippen molar-refractivity contribution in [2.45, 2.75) is 6.61 Å². The van der Waals surface area contributed by atoms with E-state index < -0.39 is 6.89 Å². The lowest BCUT2D eigenvalue weighted by Gasteiger charge is -2.28. The van der Waals surface area contributed by atoms with Crippen LogP contribution in [0.5, 0.6) is 0 Å². The van der Waals surface area contributed by atoms with Crippen molar-refractivity contribution in [2.24, 2.45) is 0 Å². The summed E-state index contributed by atoms with van der Waals surface area (Å²) in [4.78, 5) is 0. The average Bonchev–Trinajstić information content (AvgIpc) is 2.80. The molecule has 0 spiro atoms. The molecule has 3 heteroatoms. The van der Waals surface area contributed by atoms with E-state index in [4.69, 9.17) is 4.74 Å². The van der Waals surface area contributed by atoms with E-state index in [-0.39, 0.29) is 5.82 Å². The van der Waals surface area contributed by atoms with Crippen LogP contribution in [-0.4, -0.2) is 5.98 Å². The molecule has 4 rings (SSSR count). The van der Waals surface area contributed by atoms with E-state index in [2.05, 4.69) is 72.8 Å². The van der Waals surface area contributed by atoms with Crippen molar-refractivity contribution in [3.63, 3.8) is 0 Å². The summed E-state index contributed by atoms with van der Waals surface area (Å²) in [7, 11) is 0. The summed E-state index contributed by atoms with van der Waals surface area (Å²) in [5, 5.41) is 3.70. The van der Waals surface area contributed by atoms with Crippen LogP contribution in [0.1, 0.15) is 5.56 Å². The van der Waals surface area contributed by atoms with E-state index in [0.29, 0.717) is 6.61 Å². The summed E-state index contributed by atoms with van der Waals surface area (Å²) in [5.74, 6) is 1.79. The first-order chi connectivity index (χ1) is 14.3. The second-order valence-electron chi connectivity index (χ2n) is 6.77. The van der Waals surface area contributed by atoms with Crippen molar-refractivity contribution in [2.75, 3.05) is 0 Å². The van der Waals surface area contributed by atoms with Gasteiger partial charge in [-0.05, 0) is 40.5 Å². The molecule has 0 amide bonds. The Balaban J connectivity index is 1.86. The zero-order valence-corrected chi connectivity index (χ0v) is 16.9. The first-order valence-electron chi connectivity index (χ1n) is 9.55. The van der Waals surface area contributed by atoms with Gasteiger partial charge in [0.1, 0.15) is 5.82 Å². The molecule has 1 nitrogen and oxygen atoms in total. The predicted octanol–water partition coefficient (Wildman–Crippen LogP) is 5.10. The highest BCUT2D eigenvalue weighted by atomic mass is 31.2. The number of halogens is 1. The second kappa shape index (κ2) is 9.05. The molecule has 0 radical (unpaired) electrons. The first-order valence-corrected chi connectivity index (χ1v) is 11.4. The van der Waals surface area contributed by atoms with Crippen LogP contribution in [0.4, 0.5) is 4.39 Å². The van der Waals surface area contributed by atoms with Crippen LogP contribution < -0.4 is 15.9 Å². The Morgan fingerprint density at radius 2 is 1.00 bits per heavy atom. The standard InChI is InChI=1S/C26H22FOP/c27-23-18-16-22(17-19-23)20-28-21-29(24-10-4-1-5-11-24,25-12-6-2-7-13-25)26-14-8-3-9-15-26/h1-19,21H,20H2. The van der Waals surface area contributed by atoms with Crippen LogP contribution in [0.3, 0.4) is 0 Å². The van der Waals surface area contributed by atoms with Gasteiger partial charge in [0.15, 0.2) is 0 Å². The minimum Gasteiger partial charge on any atom is -0.348 e. The molecule has 0 aliphatic heterocycles. The second-order valence-corrected chi connectivity index (χ2v) is 9.98. The molecule has 0 unspecified atom stereocenters. The van der Waals surface area contributed by atoms with Crippen LogP contribution in [0.25, 0.3) is 0 Å². The molecule has 144 valence electrons. The Labute approximate surface area is 171 Å². The highest BCUT2D eigenvalue weighted by Crippen LogP contribution is 2.43.